The van der Waals surface area contributed by atoms with Gasteiger partial charge >= 0.3 is 0 Å². The van der Waals surface area contributed by atoms with Gasteiger partial charge in [-0.2, -0.15) is 0 Å². The van der Waals surface area contributed by atoms with Crippen LogP contribution in [0.1, 0.15) is 10.4 Å². The van der Waals surface area contributed by atoms with Crippen LogP contribution in [0.5, 0.6) is 0 Å². The van der Waals surface area contributed by atoms with E-state index in [1.165, 1.54) is 21.7 Å². The molecule has 3 heteroatoms. The summed E-state index contributed by atoms with van der Waals surface area (Å²) in [5.74, 6) is 0. The SMILES string of the molecule is CNc1nc2c(s1)Cc1ccccc1-2. The molecule has 14 heavy (non-hydrogen) atoms. The Morgan fingerprint density at radius 3 is 3.07 bits per heavy atom. The standard InChI is InChI=1S/C11H10N2S/c1-12-11-13-10-8-5-3-2-4-7(8)6-9(10)14-11/h2-5H,6H2,1H3,(H,12,13). The van der Waals surface area contributed by atoms with Crippen LogP contribution in [0.4, 0.5) is 5.13 Å². The molecule has 0 spiro atoms. The second kappa shape index (κ2) is 2.82. The minimum atomic E-state index is 1.02. The summed E-state index contributed by atoms with van der Waals surface area (Å²) in [6, 6.07) is 8.50. The van der Waals surface area contributed by atoms with Crippen LogP contribution in [-0.4, -0.2) is 12.0 Å². The first-order valence-electron chi connectivity index (χ1n) is 4.64. The van der Waals surface area contributed by atoms with E-state index in [1.54, 1.807) is 11.3 Å². The maximum atomic E-state index is 4.56. The van der Waals surface area contributed by atoms with Gasteiger partial charge in [-0.3, -0.25) is 0 Å². The number of aromatic nitrogens is 1. The second-order valence-corrected chi connectivity index (χ2v) is 4.46. The molecular formula is C11H10N2S. The average molecular weight is 202 g/mol. The maximum Gasteiger partial charge on any atom is 0.183 e. The molecule has 1 N–H and O–H groups in total. The van der Waals surface area contributed by atoms with Crippen molar-refractivity contribution in [1.82, 2.24) is 4.98 Å². The van der Waals surface area contributed by atoms with Crippen LogP contribution in [-0.2, 0) is 6.42 Å². The Kier molecular flexibility index (Phi) is 1.61. The van der Waals surface area contributed by atoms with E-state index in [-0.39, 0.29) is 0 Å². The van der Waals surface area contributed by atoms with Crippen LogP contribution in [0.2, 0.25) is 0 Å². The average Bonchev–Trinajstić information content (AvgIpc) is 2.73. The lowest BCUT2D eigenvalue weighted by Crippen LogP contribution is -1.86. The molecule has 0 saturated heterocycles. The zero-order chi connectivity index (χ0) is 9.54. The number of nitrogens with zero attached hydrogens (tertiary/aromatic N) is 1. The second-order valence-electron chi connectivity index (χ2n) is 3.37. The molecule has 1 aromatic heterocycles. The van der Waals surface area contributed by atoms with E-state index < -0.39 is 0 Å². The summed E-state index contributed by atoms with van der Waals surface area (Å²) in [7, 11) is 1.92. The van der Waals surface area contributed by atoms with Crippen molar-refractivity contribution in [3.8, 4) is 11.3 Å². The molecule has 0 radical (unpaired) electrons. The zero-order valence-corrected chi connectivity index (χ0v) is 8.69. The van der Waals surface area contributed by atoms with Crippen LogP contribution in [0.25, 0.3) is 11.3 Å². The van der Waals surface area contributed by atoms with Gasteiger partial charge in [-0.1, -0.05) is 24.3 Å². The van der Waals surface area contributed by atoms with Gasteiger partial charge in [0.2, 0.25) is 0 Å². The predicted molar refractivity (Wildman–Crippen MR) is 59.9 cm³/mol. The molecule has 1 aliphatic rings. The lowest BCUT2D eigenvalue weighted by molar-refractivity contribution is 1.31. The fourth-order valence-electron chi connectivity index (χ4n) is 1.87. The summed E-state index contributed by atoms with van der Waals surface area (Å²) in [5, 5.41) is 4.11. The summed E-state index contributed by atoms with van der Waals surface area (Å²) in [6.07, 6.45) is 1.05. The van der Waals surface area contributed by atoms with E-state index in [4.69, 9.17) is 0 Å². The van der Waals surface area contributed by atoms with Crippen molar-refractivity contribution >= 4 is 16.5 Å². The summed E-state index contributed by atoms with van der Waals surface area (Å²) in [5.41, 5.74) is 3.89. The first kappa shape index (κ1) is 8.00. The molecule has 1 aromatic carbocycles. The highest BCUT2D eigenvalue weighted by Crippen LogP contribution is 2.40. The number of benzene rings is 1. The zero-order valence-electron chi connectivity index (χ0n) is 7.87. The molecule has 3 rings (SSSR count). The molecule has 70 valence electrons. The summed E-state index contributed by atoms with van der Waals surface area (Å²) in [6.45, 7) is 0. The first-order valence-corrected chi connectivity index (χ1v) is 5.46. The monoisotopic (exact) mass is 202 g/mol. The molecule has 0 unspecified atom stereocenters. The Balaban J connectivity index is 2.20. The van der Waals surface area contributed by atoms with Crippen molar-refractivity contribution < 1.29 is 0 Å². The van der Waals surface area contributed by atoms with Gasteiger partial charge in [-0.15, -0.1) is 11.3 Å². The molecule has 2 nitrogen and oxygen atoms in total. The number of rotatable bonds is 1. The maximum absolute atomic E-state index is 4.56. The number of hydrogen-bond donors (Lipinski definition) is 1. The molecular weight excluding hydrogens is 192 g/mol. The first-order chi connectivity index (χ1) is 6.88. The van der Waals surface area contributed by atoms with Gasteiger partial charge in [-0.25, -0.2) is 4.98 Å². The van der Waals surface area contributed by atoms with Gasteiger partial charge in [0.25, 0.3) is 0 Å². The molecule has 0 saturated carbocycles. The molecule has 0 fully saturated rings. The molecule has 1 heterocycles. The third kappa shape index (κ3) is 0.990. The van der Waals surface area contributed by atoms with Gasteiger partial charge < -0.3 is 5.32 Å². The fourth-order valence-corrected chi connectivity index (χ4v) is 2.82. The third-order valence-corrected chi connectivity index (χ3v) is 3.61. The lowest BCUT2D eigenvalue weighted by atomic mass is 10.1. The molecule has 0 aliphatic heterocycles. The molecule has 0 atom stereocenters. The topological polar surface area (TPSA) is 24.9 Å². The lowest BCUT2D eigenvalue weighted by Gasteiger charge is -1.97. The largest absolute Gasteiger partial charge is 0.365 e. The minimum absolute atomic E-state index is 1.02. The van der Waals surface area contributed by atoms with E-state index in [2.05, 4.69) is 34.6 Å². The Bertz CT molecular complexity index is 488. The third-order valence-electron chi connectivity index (χ3n) is 2.53. The predicted octanol–water partition coefficient (Wildman–Crippen LogP) is 2.76. The molecule has 0 bridgehead atoms. The van der Waals surface area contributed by atoms with Crippen molar-refractivity contribution in [3.05, 3.63) is 34.7 Å². The smallest absolute Gasteiger partial charge is 0.183 e. The van der Waals surface area contributed by atoms with E-state index in [0.717, 1.165) is 11.6 Å². The number of anilines is 1. The summed E-state index contributed by atoms with van der Waals surface area (Å²) < 4.78 is 0. The molecule has 1 aliphatic carbocycles. The van der Waals surface area contributed by atoms with Crippen LogP contribution >= 0.6 is 11.3 Å². The van der Waals surface area contributed by atoms with Gasteiger partial charge in [-0.05, 0) is 5.56 Å². The summed E-state index contributed by atoms with van der Waals surface area (Å²) in [4.78, 5) is 5.94. The van der Waals surface area contributed by atoms with E-state index in [0.29, 0.717) is 0 Å². The van der Waals surface area contributed by atoms with Gasteiger partial charge in [0.1, 0.15) is 0 Å². The highest BCUT2D eigenvalue weighted by atomic mass is 32.1. The van der Waals surface area contributed by atoms with Gasteiger partial charge in [0.05, 0.1) is 5.69 Å². The van der Waals surface area contributed by atoms with Crippen LogP contribution in [0, 0.1) is 0 Å². The van der Waals surface area contributed by atoms with Crippen LogP contribution in [0.3, 0.4) is 0 Å². The van der Waals surface area contributed by atoms with E-state index in [1.807, 2.05) is 7.05 Å². The van der Waals surface area contributed by atoms with Crippen LogP contribution < -0.4 is 5.32 Å². The van der Waals surface area contributed by atoms with Gasteiger partial charge in [0, 0.05) is 23.9 Å². The minimum Gasteiger partial charge on any atom is -0.365 e. The number of nitrogens with one attached hydrogen (secondary N) is 1. The Hall–Kier alpha value is -1.35. The van der Waals surface area contributed by atoms with Crippen LogP contribution in [0.15, 0.2) is 24.3 Å². The van der Waals surface area contributed by atoms with Crippen molar-refractivity contribution in [2.24, 2.45) is 0 Å². The summed E-state index contributed by atoms with van der Waals surface area (Å²) >= 11 is 1.76. The van der Waals surface area contributed by atoms with Gasteiger partial charge in [0.15, 0.2) is 5.13 Å². The van der Waals surface area contributed by atoms with E-state index in [9.17, 15) is 0 Å². The number of hydrogen-bond acceptors (Lipinski definition) is 3. The molecule has 2 aromatic rings. The van der Waals surface area contributed by atoms with Crippen molar-refractivity contribution in [2.45, 2.75) is 6.42 Å². The fraction of sp³-hybridized carbons (Fsp3) is 0.182. The van der Waals surface area contributed by atoms with Crippen molar-refractivity contribution in [2.75, 3.05) is 12.4 Å². The Morgan fingerprint density at radius 1 is 1.36 bits per heavy atom. The Morgan fingerprint density at radius 2 is 2.21 bits per heavy atom. The highest BCUT2D eigenvalue weighted by molar-refractivity contribution is 7.16. The Labute approximate surface area is 86.6 Å². The van der Waals surface area contributed by atoms with E-state index >= 15 is 0 Å². The quantitative estimate of drug-likeness (QED) is 0.656. The number of fused-ring (bicyclic) bond motifs is 3. The highest BCUT2D eigenvalue weighted by Gasteiger charge is 2.22. The van der Waals surface area contributed by atoms with Crippen molar-refractivity contribution in [3.63, 3.8) is 0 Å². The normalized spacial score (nSPS) is 12.4. The molecule has 0 amide bonds. The van der Waals surface area contributed by atoms with Crippen molar-refractivity contribution in [1.29, 1.82) is 0 Å². The number of thiazole rings is 1.